The van der Waals surface area contributed by atoms with Crippen LogP contribution in [0.15, 0.2) is 24.3 Å². The summed E-state index contributed by atoms with van der Waals surface area (Å²) in [5.74, 6) is 0.220. The van der Waals surface area contributed by atoms with Crippen molar-refractivity contribution in [3.8, 4) is 0 Å². The molecular formula is C16H23ClN2O2. The molecule has 1 heterocycles. The van der Waals surface area contributed by atoms with Gasteiger partial charge in [-0.25, -0.2) is 0 Å². The van der Waals surface area contributed by atoms with Gasteiger partial charge in [0.2, 0.25) is 5.91 Å². The fourth-order valence-electron chi connectivity index (χ4n) is 2.68. The van der Waals surface area contributed by atoms with Crippen LogP contribution < -0.4 is 5.32 Å². The van der Waals surface area contributed by atoms with E-state index in [4.69, 9.17) is 16.3 Å². The summed E-state index contributed by atoms with van der Waals surface area (Å²) in [5.41, 5.74) is 1.10. The molecule has 1 aliphatic heterocycles. The van der Waals surface area contributed by atoms with Crippen molar-refractivity contribution < 1.29 is 9.53 Å². The van der Waals surface area contributed by atoms with Crippen LogP contribution in [0.3, 0.4) is 0 Å². The molecule has 1 amide bonds. The number of carbonyl (C=O) groups excluding carboxylic acids is 1. The molecule has 1 aromatic carbocycles. The second-order valence-corrected chi connectivity index (χ2v) is 5.75. The molecule has 0 bridgehead atoms. The number of nitrogens with one attached hydrogen (secondary N) is 1. The van der Waals surface area contributed by atoms with Crippen LogP contribution in [-0.4, -0.2) is 44.2 Å². The van der Waals surface area contributed by atoms with Gasteiger partial charge in [-0.05, 0) is 30.5 Å². The average molecular weight is 311 g/mol. The first-order valence-corrected chi connectivity index (χ1v) is 7.84. The van der Waals surface area contributed by atoms with Gasteiger partial charge in [-0.1, -0.05) is 23.7 Å². The highest BCUT2D eigenvalue weighted by Gasteiger charge is 2.27. The highest BCUT2D eigenvalue weighted by atomic mass is 35.5. The van der Waals surface area contributed by atoms with Crippen molar-refractivity contribution >= 4 is 17.5 Å². The summed E-state index contributed by atoms with van der Waals surface area (Å²) in [6, 6.07) is 7.86. The van der Waals surface area contributed by atoms with Crippen LogP contribution in [0.1, 0.15) is 30.9 Å². The maximum absolute atomic E-state index is 12.5. The molecule has 4 nitrogen and oxygen atoms in total. The minimum Gasteiger partial charge on any atom is -0.385 e. The molecule has 0 radical (unpaired) electrons. The van der Waals surface area contributed by atoms with E-state index in [1.54, 1.807) is 7.11 Å². The van der Waals surface area contributed by atoms with Crippen molar-refractivity contribution in [3.05, 3.63) is 34.9 Å². The lowest BCUT2D eigenvalue weighted by atomic mass is 10.0. The van der Waals surface area contributed by atoms with E-state index >= 15 is 0 Å². The van der Waals surface area contributed by atoms with Gasteiger partial charge in [0.25, 0.3) is 0 Å². The number of hydrogen-bond donors (Lipinski definition) is 1. The summed E-state index contributed by atoms with van der Waals surface area (Å²) in [7, 11) is 1.69. The molecule has 116 valence electrons. The van der Waals surface area contributed by atoms with Crippen molar-refractivity contribution in [2.24, 2.45) is 0 Å². The predicted molar refractivity (Wildman–Crippen MR) is 84.5 cm³/mol. The van der Waals surface area contributed by atoms with E-state index in [2.05, 4.69) is 5.32 Å². The van der Waals surface area contributed by atoms with Crippen LogP contribution in [-0.2, 0) is 9.53 Å². The maximum Gasteiger partial charge on any atom is 0.223 e. The fourth-order valence-corrected chi connectivity index (χ4v) is 2.88. The number of unbranched alkanes of at least 4 members (excludes halogenated alkanes) is 1. The molecule has 5 heteroatoms. The van der Waals surface area contributed by atoms with Gasteiger partial charge < -0.3 is 15.0 Å². The molecular weight excluding hydrogens is 288 g/mol. The van der Waals surface area contributed by atoms with E-state index in [0.717, 1.165) is 38.0 Å². The van der Waals surface area contributed by atoms with Gasteiger partial charge >= 0.3 is 0 Å². The number of piperazine rings is 1. The number of benzene rings is 1. The zero-order valence-corrected chi connectivity index (χ0v) is 13.2. The van der Waals surface area contributed by atoms with Crippen LogP contribution in [0.5, 0.6) is 0 Å². The van der Waals surface area contributed by atoms with Gasteiger partial charge in [0.15, 0.2) is 0 Å². The third-order valence-corrected chi connectivity index (χ3v) is 4.02. The highest BCUT2D eigenvalue weighted by molar-refractivity contribution is 6.30. The molecule has 1 saturated heterocycles. The van der Waals surface area contributed by atoms with Crippen LogP contribution in [0.25, 0.3) is 0 Å². The summed E-state index contributed by atoms with van der Waals surface area (Å²) in [5, 5.41) is 4.07. The fraction of sp³-hybridized carbons (Fsp3) is 0.562. The van der Waals surface area contributed by atoms with Crippen molar-refractivity contribution in [2.75, 3.05) is 33.4 Å². The smallest absolute Gasteiger partial charge is 0.223 e. The van der Waals surface area contributed by atoms with Crippen molar-refractivity contribution in [2.45, 2.75) is 25.3 Å². The Bertz CT molecular complexity index is 467. The van der Waals surface area contributed by atoms with Crippen molar-refractivity contribution in [1.29, 1.82) is 0 Å². The first-order valence-electron chi connectivity index (χ1n) is 7.47. The minimum atomic E-state index is 0.0763. The summed E-state index contributed by atoms with van der Waals surface area (Å²) in [6.45, 7) is 3.10. The molecule has 1 unspecified atom stereocenters. The molecule has 1 atom stereocenters. The van der Waals surface area contributed by atoms with Crippen LogP contribution in [0, 0.1) is 0 Å². The number of halogens is 1. The van der Waals surface area contributed by atoms with Gasteiger partial charge in [-0.3, -0.25) is 4.79 Å². The normalized spacial score (nSPS) is 18.8. The largest absolute Gasteiger partial charge is 0.385 e. The number of nitrogens with zero attached hydrogens (tertiary/aromatic N) is 1. The number of carbonyl (C=O) groups is 1. The highest BCUT2D eigenvalue weighted by Crippen LogP contribution is 2.25. The molecule has 1 aliphatic rings. The molecule has 0 spiro atoms. The zero-order valence-electron chi connectivity index (χ0n) is 12.5. The Morgan fingerprint density at radius 2 is 2.33 bits per heavy atom. The van der Waals surface area contributed by atoms with E-state index in [1.807, 2.05) is 29.2 Å². The second-order valence-electron chi connectivity index (χ2n) is 5.31. The lowest BCUT2D eigenvalue weighted by Crippen LogP contribution is -2.48. The Kier molecular flexibility index (Phi) is 6.49. The summed E-state index contributed by atoms with van der Waals surface area (Å²) in [6.07, 6.45) is 2.38. The van der Waals surface area contributed by atoms with Gasteiger partial charge in [0.1, 0.15) is 0 Å². The number of ether oxygens (including phenoxy) is 1. The summed E-state index contributed by atoms with van der Waals surface area (Å²) < 4.78 is 5.02. The molecule has 0 aliphatic carbocycles. The van der Waals surface area contributed by atoms with E-state index in [-0.39, 0.29) is 11.9 Å². The number of methoxy groups -OCH3 is 1. The minimum absolute atomic E-state index is 0.0763. The van der Waals surface area contributed by atoms with Gasteiger partial charge in [-0.15, -0.1) is 0 Å². The molecule has 21 heavy (non-hydrogen) atoms. The molecule has 0 saturated carbocycles. The average Bonchev–Trinajstić information content (AvgIpc) is 2.51. The topological polar surface area (TPSA) is 41.6 Å². The van der Waals surface area contributed by atoms with Gasteiger partial charge in [0.05, 0.1) is 6.04 Å². The maximum atomic E-state index is 12.5. The molecule has 0 aromatic heterocycles. The first-order chi connectivity index (χ1) is 10.2. The molecule has 1 aromatic rings. The molecule has 1 fully saturated rings. The van der Waals surface area contributed by atoms with Crippen LogP contribution in [0.4, 0.5) is 0 Å². The van der Waals surface area contributed by atoms with Crippen LogP contribution in [0.2, 0.25) is 5.02 Å². The lowest BCUT2D eigenvalue weighted by molar-refractivity contribution is -0.134. The van der Waals surface area contributed by atoms with E-state index in [1.165, 1.54) is 0 Å². The number of rotatable bonds is 6. The number of hydrogen-bond acceptors (Lipinski definition) is 3. The van der Waals surface area contributed by atoms with E-state index in [0.29, 0.717) is 18.1 Å². The Labute approximate surface area is 131 Å². The molecule has 2 rings (SSSR count). The van der Waals surface area contributed by atoms with Crippen LogP contribution >= 0.6 is 11.6 Å². The third-order valence-electron chi connectivity index (χ3n) is 3.79. The summed E-state index contributed by atoms with van der Waals surface area (Å²) in [4.78, 5) is 14.4. The van der Waals surface area contributed by atoms with Gasteiger partial charge in [-0.2, -0.15) is 0 Å². The van der Waals surface area contributed by atoms with Gasteiger partial charge in [0, 0.05) is 44.8 Å². The molecule has 1 N–H and O–H groups in total. The monoisotopic (exact) mass is 310 g/mol. The Balaban J connectivity index is 2.00. The Morgan fingerprint density at radius 1 is 1.48 bits per heavy atom. The third kappa shape index (κ3) is 4.70. The summed E-state index contributed by atoms with van der Waals surface area (Å²) >= 11 is 6.07. The predicted octanol–water partition coefficient (Wildman–Crippen LogP) is 2.63. The first kappa shape index (κ1) is 16.3. The zero-order chi connectivity index (χ0) is 15.1. The quantitative estimate of drug-likeness (QED) is 0.821. The van der Waals surface area contributed by atoms with E-state index < -0.39 is 0 Å². The standard InChI is InChI=1S/C16H23ClN2O2/c1-21-10-3-2-7-16(20)19-9-8-18-12-15(19)13-5-4-6-14(17)11-13/h4-6,11,15,18H,2-3,7-10,12H2,1H3. The van der Waals surface area contributed by atoms with Crippen molar-refractivity contribution in [1.82, 2.24) is 10.2 Å². The Morgan fingerprint density at radius 3 is 3.10 bits per heavy atom. The lowest BCUT2D eigenvalue weighted by Gasteiger charge is -2.36. The number of amides is 1. The SMILES string of the molecule is COCCCCC(=O)N1CCNCC1c1cccc(Cl)c1. The van der Waals surface area contributed by atoms with E-state index in [9.17, 15) is 4.79 Å². The second kappa shape index (κ2) is 8.37. The van der Waals surface area contributed by atoms with Crippen molar-refractivity contribution in [3.63, 3.8) is 0 Å². The Hall–Kier alpha value is -1.10.